The van der Waals surface area contributed by atoms with Gasteiger partial charge < -0.3 is 19.9 Å². The maximum atomic E-state index is 12.8. The molecule has 0 spiro atoms. The normalized spacial score (nSPS) is 11.8. The number of aromatic hydroxyl groups is 1. The summed E-state index contributed by atoms with van der Waals surface area (Å²) in [6, 6.07) is 20.1. The molecule has 0 radical (unpaired) electrons. The van der Waals surface area contributed by atoms with Crippen LogP contribution in [-0.4, -0.2) is 28.1 Å². The van der Waals surface area contributed by atoms with Crippen molar-refractivity contribution < 1.29 is 24.2 Å². The van der Waals surface area contributed by atoms with Gasteiger partial charge in [0.05, 0.1) is 5.56 Å². The van der Waals surface area contributed by atoms with Crippen LogP contribution in [0.2, 0.25) is 0 Å². The number of benzene rings is 3. The number of carbonyl (C=O) groups excluding carboxylic acids is 1. The zero-order valence-electron chi connectivity index (χ0n) is 16.8. The Morgan fingerprint density at radius 1 is 0.938 bits per heavy atom. The van der Waals surface area contributed by atoms with Gasteiger partial charge in [-0.2, -0.15) is 0 Å². The van der Waals surface area contributed by atoms with Crippen LogP contribution in [0.4, 0.5) is 0 Å². The van der Waals surface area contributed by atoms with Crippen LogP contribution in [0.5, 0.6) is 5.75 Å². The summed E-state index contributed by atoms with van der Waals surface area (Å²) in [5, 5.41) is 22.2. The number of aliphatic carboxylic acids is 1. The van der Waals surface area contributed by atoms with Gasteiger partial charge in [-0.25, -0.2) is 9.59 Å². The third-order valence-corrected chi connectivity index (χ3v) is 5.06. The van der Waals surface area contributed by atoms with E-state index < -0.39 is 23.5 Å². The van der Waals surface area contributed by atoms with E-state index in [9.17, 15) is 24.6 Å². The second-order valence-electron chi connectivity index (χ2n) is 7.30. The molecule has 32 heavy (non-hydrogen) atoms. The van der Waals surface area contributed by atoms with E-state index >= 15 is 0 Å². The van der Waals surface area contributed by atoms with Gasteiger partial charge in [-0.3, -0.25) is 4.79 Å². The average Bonchev–Trinajstić information content (AvgIpc) is 2.79. The van der Waals surface area contributed by atoms with Crippen LogP contribution >= 0.6 is 0 Å². The molecule has 4 rings (SSSR count). The summed E-state index contributed by atoms with van der Waals surface area (Å²) < 4.78 is 5.37. The first-order valence-electron chi connectivity index (χ1n) is 9.85. The monoisotopic (exact) mass is 429 g/mol. The number of nitrogens with one attached hydrogen (secondary N) is 1. The smallest absolute Gasteiger partial charge is 0.344 e. The summed E-state index contributed by atoms with van der Waals surface area (Å²) in [7, 11) is 0. The number of phenolic OH excluding ortho intramolecular Hbond substituents is 1. The highest BCUT2D eigenvalue weighted by Crippen LogP contribution is 2.22. The summed E-state index contributed by atoms with van der Waals surface area (Å²) >= 11 is 0. The lowest BCUT2D eigenvalue weighted by Gasteiger charge is -2.15. The molecule has 0 saturated carbocycles. The summed E-state index contributed by atoms with van der Waals surface area (Å²) in [6.07, 6.45) is 0.0509. The second kappa shape index (κ2) is 8.77. The van der Waals surface area contributed by atoms with E-state index in [1.165, 1.54) is 18.2 Å². The quantitative estimate of drug-likeness (QED) is 0.403. The van der Waals surface area contributed by atoms with Crippen molar-refractivity contribution in [3.05, 3.63) is 100 Å². The second-order valence-corrected chi connectivity index (χ2v) is 7.30. The Kier molecular flexibility index (Phi) is 5.72. The number of carbonyl (C=O) groups is 2. The lowest BCUT2D eigenvalue weighted by Crippen LogP contribution is -2.42. The molecule has 4 aromatic rings. The highest BCUT2D eigenvalue weighted by molar-refractivity contribution is 5.97. The first-order chi connectivity index (χ1) is 15.4. The van der Waals surface area contributed by atoms with E-state index in [1.54, 1.807) is 48.5 Å². The Morgan fingerprint density at radius 2 is 1.69 bits per heavy atom. The molecule has 1 aromatic heterocycles. The van der Waals surface area contributed by atoms with Crippen LogP contribution in [0.1, 0.15) is 15.9 Å². The topological polar surface area (TPSA) is 117 Å². The van der Waals surface area contributed by atoms with Gasteiger partial charge in [0.1, 0.15) is 17.4 Å². The number of amides is 1. The van der Waals surface area contributed by atoms with Crippen LogP contribution in [-0.2, 0) is 11.2 Å². The van der Waals surface area contributed by atoms with E-state index in [2.05, 4.69) is 5.32 Å². The highest BCUT2D eigenvalue weighted by Gasteiger charge is 2.21. The van der Waals surface area contributed by atoms with Gasteiger partial charge in [-0.1, -0.05) is 42.5 Å². The number of rotatable bonds is 6. The zero-order valence-corrected chi connectivity index (χ0v) is 16.8. The molecule has 160 valence electrons. The van der Waals surface area contributed by atoms with Crippen LogP contribution in [0.25, 0.3) is 22.1 Å². The molecule has 0 fully saturated rings. The minimum Gasteiger partial charge on any atom is -0.508 e. The third kappa shape index (κ3) is 4.52. The van der Waals surface area contributed by atoms with Crippen molar-refractivity contribution in [2.45, 2.75) is 12.5 Å². The molecular formula is C25H19NO6. The molecule has 7 heteroatoms. The van der Waals surface area contributed by atoms with Crippen molar-refractivity contribution >= 4 is 22.8 Å². The summed E-state index contributed by atoms with van der Waals surface area (Å²) in [5.74, 6) is -1.69. The van der Waals surface area contributed by atoms with Crippen molar-refractivity contribution in [2.75, 3.05) is 0 Å². The van der Waals surface area contributed by atoms with E-state index in [0.29, 0.717) is 22.3 Å². The van der Waals surface area contributed by atoms with Crippen molar-refractivity contribution in [1.82, 2.24) is 5.32 Å². The average molecular weight is 429 g/mol. The fourth-order valence-corrected chi connectivity index (χ4v) is 3.40. The fraction of sp³-hybridized carbons (Fsp3) is 0.0800. The SMILES string of the molecule is O=C(N[C@@H](Cc1ccc(O)cc1)C(=O)O)c1cccc(-c2cc3ccccc3oc2=O)c1. The first-order valence-corrected chi connectivity index (χ1v) is 9.85. The molecule has 0 aliphatic heterocycles. The number of carboxylic acids is 1. The lowest BCUT2D eigenvalue weighted by atomic mass is 10.0. The fourth-order valence-electron chi connectivity index (χ4n) is 3.40. The van der Waals surface area contributed by atoms with Crippen LogP contribution in [0.15, 0.2) is 88.1 Å². The van der Waals surface area contributed by atoms with Crippen molar-refractivity contribution in [1.29, 1.82) is 0 Å². The van der Waals surface area contributed by atoms with Crippen molar-refractivity contribution in [3.8, 4) is 16.9 Å². The number of fused-ring (bicyclic) bond motifs is 1. The van der Waals surface area contributed by atoms with Gasteiger partial charge in [-0.05, 0) is 47.5 Å². The van der Waals surface area contributed by atoms with Gasteiger partial charge in [0.2, 0.25) is 0 Å². The summed E-state index contributed by atoms with van der Waals surface area (Å²) in [5.41, 5.74) is 1.59. The number of para-hydroxylation sites is 1. The van der Waals surface area contributed by atoms with E-state index in [1.807, 2.05) is 12.1 Å². The van der Waals surface area contributed by atoms with Crippen LogP contribution in [0.3, 0.4) is 0 Å². The molecule has 1 atom stereocenters. The molecular weight excluding hydrogens is 410 g/mol. The maximum Gasteiger partial charge on any atom is 0.344 e. The van der Waals surface area contributed by atoms with E-state index in [0.717, 1.165) is 5.39 Å². The zero-order chi connectivity index (χ0) is 22.7. The van der Waals surface area contributed by atoms with E-state index in [-0.39, 0.29) is 17.7 Å². The standard InChI is InChI=1S/C25H19NO6/c27-19-10-8-15(9-11-19)12-21(24(29)30)26-23(28)18-6-3-5-16(13-18)20-14-17-4-1-2-7-22(17)32-25(20)31/h1-11,13-14,21,27H,12H2,(H,26,28)(H,29,30)/t21-/m0/s1. The minimum absolute atomic E-state index is 0.0509. The molecule has 0 bridgehead atoms. The van der Waals surface area contributed by atoms with Gasteiger partial charge in [0, 0.05) is 17.4 Å². The van der Waals surface area contributed by atoms with Gasteiger partial charge >= 0.3 is 11.6 Å². The predicted octanol–water partition coefficient (Wildman–Crippen LogP) is 3.59. The molecule has 0 aliphatic carbocycles. The number of hydrogen-bond acceptors (Lipinski definition) is 5. The first kappa shape index (κ1) is 20.9. The molecule has 1 amide bonds. The molecule has 1 heterocycles. The Balaban J connectivity index is 1.59. The highest BCUT2D eigenvalue weighted by atomic mass is 16.4. The summed E-state index contributed by atoms with van der Waals surface area (Å²) in [6.45, 7) is 0. The Labute approximate surface area is 182 Å². The van der Waals surface area contributed by atoms with Crippen LogP contribution in [0, 0.1) is 0 Å². The molecule has 3 N–H and O–H groups in total. The Morgan fingerprint density at radius 3 is 2.44 bits per heavy atom. The Bertz CT molecular complexity index is 1360. The number of carboxylic acid groups (broad SMARTS) is 1. The largest absolute Gasteiger partial charge is 0.508 e. The van der Waals surface area contributed by atoms with Crippen molar-refractivity contribution in [3.63, 3.8) is 0 Å². The van der Waals surface area contributed by atoms with Crippen molar-refractivity contribution in [2.24, 2.45) is 0 Å². The molecule has 0 unspecified atom stereocenters. The molecule has 0 aliphatic rings. The lowest BCUT2D eigenvalue weighted by molar-refractivity contribution is -0.139. The number of phenols is 1. The molecule has 7 nitrogen and oxygen atoms in total. The summed E-state index contributed by atoms with van der Waals surface area (Å²) in [4.78, 5) is 36.9. The predicted molar refractivity (Wildman–Crippen MR) is 119 cm³/mol. The Hall–Kier alpha value is -4.39. The minimum atomic E-state index is -1.18. The third-order valence-electron chi connectivity index (χ3n) is 5.06. The van der Waals surface area contributed by atoms with Crippen LogP contribution < -0.4 is 10.9 Å². The van der Waals surface area contributed by atoms with E-state index in [4.69, 9.17) is 4.42 Å². The molecule has 3 aromatic carbocycles. The van der Waals surface area contributed by atoms with Gasteiger partial charge in [0.15, 0.2) is 0 Å². The maximum absolute atomic E-state index is 12.8. The van der Waals surface area contributed by atoms with Gasteiger partial charge in [-0.15, -0.1) is 0 Å². The number of hydrogen-bond donors (Lipinski definition) is 3. The van der Waals surface area contributed by atoms with Gasteiger partial charge in [0.25, 0.3) is 5.91 Å². The molecule has 0 saturated heterocycles.